The van der Waals surface area contributed by atoms with Gasteiger partial charge in [-0.3, -0.25) is 0 Å². The number of hydrogen-bond donors (Lipinski definition) is 2. The molecule has 1 aliphatic heterocycles. The molecule has 120 valence electrons. The van der Waals surface area contributed by atoms with E-state index in [1.165, 1.54) is 6.20 Å². The maximum atomic E-state index is 10.9. The third-order valence-corrected chi connectivity index (χ3v) is 5.07. The highest BCUT2D eigenvalue weighted by Gasteiger charge is 2.39. The summed E-state index contributed by atoms with van der Waals surface area (Å²) in [7, 11) is 0. The predicted molar refractivity (Wildman–Crippen MR) is 81.9 cm³/mol. The van der Waals surface area contributed by atoms with Gasteiger partial charge in [-0.25, -0.2) is 14.8 Å². The lowest BCUT2D eigenvalue weighted by atomic mass is 9.76. The zero-order valence-electron chi connectivity index (χ0n) is 12.9. The largest absolute Gasteiger partial charge is 0.476 e. The molecule has 3 rings (SSSR count). The van der Waals surface area contributed by atoms with E-state index in [0.29, 0.717) is 5.92 Å². The highest BCUT2D eigenvalue weighted by atomic mass is 16.4. The number of nitrogens with zero attached hydrogens (tertiary/aromatic N) is 3. The van der Waals surface area contributed by atoms with Gasteiger partial charge in [0.2, 0.25) is 0 Å². The van der Waals surface area contributed by atoms with Gasteiger partial charge in [0.1, 0.15) is 5.82 Å². The molecule has 1 aromatic heterocycles. The summed E-state index contributed by atoms with van der Waals surface area (Å²) in [5.41, 5.74) is -0.0363. The summed E-state index contributed by atoms with van der Waals surface area (Å²) in [6.45, 7) is 3.14. The first-order valence-electron chi connectivity index (χ1n) is 8.06. The van der Waals surface area contributed by atoms with Crippen LogP contribution in [0.4, 0.5) is 5.82 Å². The molecule has 1 aromatic rings. The molecule has 4 atom stereocenters. The van der Waals surface area contributed by atoms with E-state index in [1.807, 2.05) is 0 Å². The smallest absolute Gasteiger partial charge is 0.356 e. The highest BCUT2D eigenvalue weighted by molar-refractivity contribution is 5.84. The summed E-state index contributed by atoms with van der Waals surface area (Å²) in [5.74, 6) is 0.579. The summed E-state index contributed by atoms with van der Waals surface area (Å²) >= 11 is 0. The molecule has 1 saturated carbocycles. The van der Waals surface area contributed by atoms with Crippen LogP contribution < -0.4 is 4.90 Å². The first-order chi connectivity index (χ1) is 10.6. The minimum atomic E-state index is -1.06. The number of rotatable bonds is 3. The fourth-order valence-corrected chi connectivity index (χ4v) is 3.92. The molecule has 6 heteroatoms. The summed E-state index contributed by atoms with van der Waals surface area (Å²) < 4.78 is 0. The van der Waals surface area contributed by atoms with Gasteiger partial charge in [0, 0.05) is 18.5 Å². The lowest BCUT2D eigenvalue weighted by Gasteiger charge is -2.39. The second-order valence-electron chi connectivity index (χ2n) is 6.62. The molecule has 0 bridgehead atoms. The SMILES string of the molecule is CC1CCC(O)C(C2CCCN2c2cnc(C(=O)O)cn2)C1. The number of carbonyl (C=O) groups is 1. The monoisotopic (exact) mass is 305 g/mol. The minimum Gasteiger partial charge on any atom is -0.476 e. The van der Waals surface area contributed by atoms with Gasteiger partial charge in [0.15, 0.2) is 5.69 Å². The molecule has 2 aliphatic rings. The zero-order valence-corrected chi connectivity index (χ0v) is 12.9. The van der Waals surface area contributed by atoms with Crippen LogP contribution in [0.25, 0.3) is 0 Å². The Hall–Kier alpha value is -1.69. The average molecular weight is 305 g/mol. The molecule has 22 heavy (non-hydrogen) atoms. The number of carboxylic acids is 1. The zero-order chi connectivity index (χ0) is 15.7. The summed E-state index contributed by atoms with van der Waals surface area (Å²) in [4.78, 5) is 21.3. The number of aromatic nitrogens is 2. The van der Waals surface area contributed by atoms with Crippen LogP contribution in [0, 0.1) is 11.8 Å². The van der Waals surface area contributed by atoms with Crippen molar-refractivity contribution in [1.82, 2.24) is 9.97 Å². The molecule has 4 unspecified atom stereocenters. The molecular formula is C16H23N3O3. The van der Waals surface area contributed by atoms with Gasteiger partial charge in [-0.15, -0.1) is 0 Å². The van der Waals surface area contributed by atoms with Gasteiger partial charge in [0.25, 0.3) is 0 Å². The minimum absolute atomic E-state index is 0.0363. The molecule has 0 aromatic carbocycles. The van der Waals surface area contributed by atoms with Crippen molar-refractivity contribution in [1.29, 1.82) is 0 Å². The van der Waals surface area contributed by atoms with Crippen LogP contribution in [-0.4, -0.2) is 44.8 Å². The molecule has 0 spiro atoms. The van der Waals surface area contributed by atoms with Crippen molar-refractivity contribution in [2.24, 2.45) is 11.8 Å². The second kappa shape index (κ2) is 6.20. The van der Waals surface area contributed by atoms with Crippen molar-refractivity contribution in [3.8, 4) is 0 Å². The molecule has 0 amide bonds. The van der Waals surface area contributed by atoms with Crippen molar-refractivity contribution in [3.05, 3.63) is 18.1 Å². The summed E-state index contributed by atoms with van der Waals surface area (Å²) in [6.07, 6.45) is 7.75. The molecule has 2 fully saturated rings. The van der Waals surface area contributed by atoms with Crippen molar-refractivity contribution < 1.29 is 15.0 Å². The number of aliphatic hydroxyl groups is 1. The van der Waals surface area contributed by atoms with E-state index in [9.17, 15) is 9.90 Å². The van der Waals surface area contributed by atoms with E-state index < -0.39 is 5.97 Å². The lowest BCUT2D eigenvalue weighted by molar-refractivity contribution is 0.0390. The Balaban J connectivity index is 1.79. The Labute approximate surface area is 130 Å². The second-order valence-corrected chi connectivity index (χ2v) is 6.62. The highest BCUT2D eigenvalue weighted by Crippen LogP contribution is 2.38. The molecule has 1 aliphatic carbocycles. The van der Waals surface area contributed by atoms with E-state index >= 15 is 0 Å². The van der Waals surface area contributed by atoms with Gasteiger partial charge in [-0.1, -0.05) is 6.92 Å². The number of aromatic carboxylic acids is 1. The number of hydrogen-bond acceptors (Lipinski definition) is 5. The fraction of sp³-hybridized carbons (Fsp3) is 0.688. The molecule has 6 nitrogen and oxygen atoms in total. The average Bonchev–Trinajstić information content (AvgIpc) is 2.99. The molecule has 0 radical (unpaired) electrons. The van der Waals surface area contributed by atoms with Crippen molar-refractivity contribution in [3.63, 3.8) is 0 Å². The third-order valence-electron chi connectivity index (χ3n) is 5.07. The number of aliphatic hydroxyl groups excluding tert-OH is 1. The Kier molecular flexibility index (Phi) is 4.29. The van der Waals surface area contributed by atoms with Gasteiger partial charge in [-0.2, -0.15) is 0 Å². The van der Waals surface area contributed by atoms with Gasteiger partial charge in [0.05, 0.1) is 18.5 Å². The van der Waals surface area contributed by atoms with Crippen molar-refractivity contribution >= 4 is 11.8 Å². The maximum Gasteiger partial charge on any atom is 0.356 e. The quantitative estimate of drug-likeness (QED) is 0.887. The van der Waals surface area contributed by atoms with E-state index in [0.717, 1.165) is 44.5 Å². The summed E-state index contributed by atoms with van der Waals surface area (Å²) in [6, 6.07) is 0.280. The molecule has 2 N–H and O–H groups in total. The first-order valence-corrected chi connectivity index (χ1v) is 8.06. The Morgan fingerprint density at radius 2 is 2.09 bits per heavy atom. The normalized spacial score (nSPS) is 32.2. The van der Waals surface area contributed by atoms with Crippen LogP contribution in [0.3, 0.4) is 0 Å². The lowest BCUT2D eigenvalue weighted by Crippen LogP contribution is -2.44. The van der Waals surface area contributed by atoms with E-state index in [1.54, 1.807) is 6.20 Å². The Bertz CT molecular complexity index is 534. The molecule has 2 heterocycles. The van der Waals surface area contributed by atoms with E-state index in [2.05, 4.69) is 21.8 Å². The van der Waals surface area contributed by atoms with Crippen LogP contribution in [0.15, 0.2) is 12.4 Å². The maximum absolute atomic E-state index is 10.9. The molecular weight excluding hydrogens is 282 g/mol. The Morgan fingerprint density at radius 3 is 2.77 bits per heavy atom. The van der Waals surface area contributed by atoms with Crippen LogP contribution in [0.2, 0.25) is 0 Å². The van der Waals surface area contributed by atoms with Crippen LogP contribution >= 0.6 is 0 Å². The molecule has 1 saturated heterocycles. The van der Waals surface area contributed by atoms with Gasteiger partial charge >= 0.3 is 5.97 Å². The fourth-order valence-electron chi connectivity index (χ4n) is 3.92. The van der Waals surface area contributed by atoms with E-state index in [-0.39, 0.29) is 23.8 Å². The van der Waals surface area contributed by atoms with Crippen LogP contribution in [0.5, 0.6) is 0 Å². The standard InChI is InChI=1S/C16H23N3O3/c1-10-4-5-14(20)11(7-10)13-3-2-6-19(13)15-9-17-12(8-18-15)16(21)22/h8-11,13-14,20H,2-7H2,1H3,(H,21,22). The van der Waals surface area contributed by atoms with Crippen LogP contribution in [0.1, 0.15) is 49.5 Å². The predicted octanol–water partition coefficient (Wildman–Crippen LogP) is 1.94. The number of carboxylic acid groups (broad SMARTS) is 1. The third kappa shape index (κ3) is 2.92. The van der Waals surface area contributed by atoms with Crippen molar-refractivity contribution in [2.45, 2.75) is 51.2 Å². The summed E-state index contributed by atoms with van der Waals surface area (Å²) in [5, 5.41) is 19.3. The van der Waals surface area contributed by atoms with Crippen molar-refractivity contribution in [2.75, 3.05) is 11.4 Å². The van der Waals surface area contributed by atoms with Crippen LogP contribution in [-0.2, 0) is 0 Å². The Morgan fingerprint density at radius 1 is 1.27 bits per heavy atom. The van der Waals surface area contributed by atoms with E-state index in [4.69, 9.17) is 5.11 Å². The first kappa shape index (κ1) is 15.2. The number of anilines is 1. The topological polar surface area (TPSA) is 86.5 Å². The van der Waals surface area contributed by atoms with Gasteiger partial charge < -0.3 is 15.1 Å². The van der Waals surface area contributed by atoms with Gasteiger partial charge in [-0.05, 0) is 38.0 Å².